The highest BCUT2D eigenvalue weighted by atomic mass is 19.2. The lowest BCUT2D eigenvalue weighted by atomic mass is 9.86. The molecule has 1 aliphatic rings. The topological polar surface area (TPSA) is 134 Å². The number of nitrogens with zero attached hydrogens (tertiary/aromatic N) is 1. The maximum atomic E-state index is 14.0. The van der Waals surface area contributed by atoms with Crippen LogP contribution in [-0.2, 0) is 29.3 Å². The zero-order valence-electron chi connectivity index (χ0n) is 25.8. The van der Waals surface area contributed by atoms with Gasteiger partial charge in [0.05, 0.1) is 18.4 Å². The van der Waals surface area contributed by atoms with Gasteiger partial charge >= 0.3 is 17.8 Å². The van der Waals surface area contributed by atoms with Crippen molar-refractivity contribution >= 4 is 29.4 Å². The van der Waals surface area contributed by atoms with Crippen LogP contribution >= 0.6 is 0 Å². The molecule has 2 aromatic rings. The number of carbonyl (C=O) groups excluding carboxylic acids is 4. The van der Waals surface area contributed by atoms with Crippen LogP contribution in [0.2, 0.25) is 0 Å². The van der Waals surface area contributed by atoms with Crippen LogP contribution in [0.15, 0.2) is 30.3 Å². The first-order chi connectivity index (χ1) is 20.8. The normalized spacial score (nSPS) is 15.0. The third-order valence-corrected chi connectivity index (χ3v) is 6.79. The van der Waals surface area contributed by atoms with Gasteiger partial charge in [0, 0.05) is 24.8 Å². The maximum Gasteiger partial charge on any atom is 0.313 e. The minimum Gasteiger partial charge on any atom is -0.485 e. The van der Waals surface area contributed by atoms with E-state index in [1.807, 2.05) is 32.9 Å². The summed E-state index contributed by atoms with van der Waals surface area (Å²) in [4.78, 5) is 52.0. The number of esters is 1. The van der Waals surface area contributed by atoms with Gasteiger partial charge in [0.1, 0.15) is 18.3 Å². The van der Waals surface area contributed by atoms with Gasteiger partial charge in [-0.25, -0.2) is 8.78 Å². The molecule has 0 aliphatic carbocycles. The summed E-state index contributed by atoms with van der Waals surface area (Å²) in [6.45, 7) is 9.34. The van der Waals surface area contributed by atoms with Crippen molar-refractivity contribution in [2.45, 2.75) is 71.1 Å². The third-order valence-electron chi connectivity index (χ3n) is 6.79. The highest BCUT2D eigenvalue weighted by molar-refractivity contribution is 6.39. The number of aliphatic hydroxyl groups is 1. The number of benzene rings is 2. The smallest absolute Gasteiger partial charge is 0.313 e. The Bertz CT molecular complexity index is 1420. The molecule has 2 aromatic carbocycles. The van der Waals surface area contributed by atoms with Crippen LogP contribution in [0, 0.1) is 29.2 Å². The molecule has 14 heteroatoms. The van der Waals surface area contributed by atoms with E-state index in [0.717, 1.165) is 10.5 Å². The van der Waals surface area contributed by atoms with Gasteiger partial charge in [-0.1, -0.05) is 39.0 Å². The summed E-state index contributed by atoms with van der Waals surface area (Å²) >= 11 is 0. The lowest BCUT2D eigenvalue weighted by molar-refractivity contribution is -0.156. The molecule has 3 rings (SSSR count). The molecule has 1 aliphatic heterocycles. The lowest BCUT2D eigenvalue weighted by Crippen LogP contribution is -2.60. The standard InChI is InChI=1S/C31H37F4N3O7/c1-30(2,3)17-9-7-8-10-20(17)36-28(42)29(43)38-13-16(14-38)27(41)37-21(12-23(40)45-31(4,5)6)22(39)15-44-26-24(34)18(32)11-19(33)25(26)35/h7-11,16,21-22,39H,12-15H2,1-6H3,(H,36,42)(H,37,41)/t21-,22?/m0/s1. The second-order valence-corrected chi connectivity index (χ2v) is 12.7. The van der Waals surface area contributed by atoms with Crippen LogP contribution in [0.5, 0.6) is 5.75 Å². The zero-order valence-corrected chi connectivity index (χ0v) is 25.8. The number of hydrogen-bond donors (Lipinski definition) is 3. The van der Waals surface area contributed by atoms with Gasteiger partial charge in [-0.15, -0.1) is 0 Å². The first-order valence-corrected chi connectivity index (χ1v) is 14.1. The maximum absolute atomic E-state index is 14.0. The third kappa shape index (κ3) is 9.16. The van der Waals surface area contributed by atoms with Gasteiger partial charge in [0.25, 0.3) is 0 Å². The summed E-state index contributed by atoms with van der Waals surface area (Å²) in [6.07, 6.45) is -2.42. The Labute approximate surface area is 258 Å². The van der Waals surface area contributed by atoms with E-state index >= 15 is 0 Å². The Kier molecular flexibility index (Phi) is 10.8. The zero-order chi connectivity index (χ0) is 33.9. The van der Waals surface area contributed by atoms with Gasteiger partial charge in [-0.3, -0.25) is 19.2 Å². The lowest BCUT2D eigenvalue weighted by Gasteiger charge is -2.38. The Hall–Kier alpha value is -4.20. The predicted molar refractivity (Wildman–Crippen MR) is 154 cm³/mol. The molecular weight excluding hydrogens is 602 g/mol. The van der Waals surface area contributed by atoms with Gasteiger partial charge in [-0.2, -0.15) is 8.78 Å². The van der Waals surface area contributed by atoms with Crippen LogP contribution in [-0.4, -0.2) is 71.1 Å². The molecule has 45 heavy (non-hydrogen) atoms. The molecule has 0 aromatic heterocycles. The van der Waals surface area contributed by atoms with Crippen molar-refractivity contribution < 1.29 is 51.3 Å². The second kappa shape index (κ2) is 13.8. The second-order valence-electron chi connectivity index (χ2n) is 12.7. The Morgan fingerprint density at radius 1 is 0.978 bits per heavy atom. The molecule has 3 amide bonds. The summed E-state index contributed by atoms with van der Waals surface area (Å²) in [5.74, 6) is -12.7. The van der Waals surface area contributed by atoms with Crippen molar-refractivity contribution in [3.8, 4) is 5.75 Å². The summed E-state index contributed by atoms with van der Waals surface area (Å²) in [5, 5.41) is 15.7. The number of halogens is 4. The number of likely N-dealkylation sites (tertiary alicyclic amines) is 1. The number of anilines is 1. The number of para-hydroxylation sites is 1. The Morgan fingerprint density at radius 3 is 2.11 bits per heavy atom. The molecule has 0 saturated carbocycles. The van der Waals surface area contributed by atoms with Crippen molar-refractivity contribution in [3.05, 3.63) is 59.2 Å². The van der Waals surface area contributed by atoms with Crippen molar-refractivity contribution in [2.24, 2.45) is 5.92 Å². The summed E-state index contributed by atoms with van der Waals surface area (Å²) in [6, 6.07) is 5.59. The van der Waals surface area contributed by atoms with Crippen LogP contribution < -0.4 is 15.4 Å². The van der Waals surface area contributed by atoms with E-state index in [9.17, 15) is 41.8 Å². The van der Waals surface area contributed by atoms with Crippen molar-refractivity contribution in [3.63, 3.8) is 0 Å². The van der Waals surface area contributed by atoms with Crippen LogP contribution in [0.4, 0.5) is 23.2 Å². The number of aliphatic hydroxyl groups excluding tert-OH is 1. The largest absolute Gasteiger partial charge is 0.485 e. The van der Waals surface area contributed by atoms with Gasteiger partial charge in [-0.05, 0) is 37.8 Å². The van der Waals surface area contributed by atoms with E-state index < -0.39 is 89.4 Å². The summed E-state index contributed by atoms with van der Waals surface area (Å²) in [5.41, 5.74) is 0.0497. The highest BCUT2D eigenvalue weighted by Gasteiger charge is 2.40. The number of carbonyl (C=O) groups is 4. The summed E-state index contributed by atoms with van der Waals surface area (Å²) < 4.78 is 65.2. The van der Waals surface area contributed by atoms with E-state index in [2.05, 4.69) is 10.6 Å². The van der Waals surface area contributed by atoms with E-state index in [4.69, 9.17) is 9.47 Å². The molecule has 1 fully saturated rings. The number of hydrogen-bond acceptors (Lipinski definition) is 7. The number of nitrogens with one attached hydrogen (secondary N) is 2. The van der Waals surface area contributed by atoms with Gasteiger partial charge in [0.2, 0.25) is 17.5 Å². The minimum absolute atomic E-state index is 0.0133. The minimum atomic E-state index is -1.83. The molecule has 10 nitrogen and oxygen atoms in total. The van der Waals surface area contributed by atoms with E-state index in [-0.39, 0.29) is 24.6 Å². The number of rotatable bonds is 9. The number of ether oxygens (including phenoxy) is 2. The summed E-state index contributed by atoms with van der Waals surface area (Å²) in [7, 11) is 0. The predicted octanol–water partition coefficient (Wildman–Crippen LogP) is 3.59. The highest BCUT2D eigenvalue weighted by Crippen LogP contribution is 2.30. The number of amides is 3. The molecule has 2 atom stereocenters. The average molecular weight is 640 g/mol. The van der Waals surface area contributed by atoms with E-state index in [1.165, 1.54) is 0 Å². The SMILES string of the molecule is CC(C)(C)OC(=O)C[C@H](NC(=O)C1CN(C(=O)C(=O)Nc2ccccc2C(C)(C)C)C1)C(O)COc1c(F)c(F)cc(F)c1F. The first-order valence-electron chi connectivity index (χ1n) is 14.1. The monoisotopic (exact) mass is 639 g/mol. The molecule has 0 bridgehead atoms. The quantitative estimate of drug-likeness (QED) is 0.165. The van der Waals surface area contributed by atoms with Gasteiger partial charge in [0.15, 0.2) is 17.4 Å². The van der Waals surface area contributed by atoms with Crippen LogP contribution in [0.25, 0.3) is 0 Å². The van der Waals surface area contributed by atoms with Crippen molar-refractivity contribution in [2.75, 3.05) is 25.0 Å². The molecule has 0 radical (unpaired) electrons. The molecule has 246 valence electrons. The first kappa shape index (κ1) is 35.3. The fourth-order valence-corrected chi connectivity index (χ4v) is 4.49. The molecular formula is C31H37F4N3O7. The Morgan fingerprint density at radius 2 is 1.56 bits per heavy atom. The average Bonchev–Trinajstić information content (AvgIpc) is 2.89. The molecule has 1 heterocycles. The van der Waals surface area contributed by atoms with Crippen LogP contribution in [0.3, 0.4) is 0 Å². The molecule has 3 N–H and O–H groups in total. The van der Waals surface area contributed by atoms with E-state index in [0.29, 0.717) is 5.69 Å². The van der Waals surface area contributed by atoms with E-state index in [1.54, 1.807) is 32.9 Å². The van der Waals surface area contributed by atoms with Gasteiger partial charge < -0.3 is 30.1 Å². The molecule has 1 unspecified atom stereocenters. The Balaban J connectivity index is 1.65. The molecule has 0 spiro atoms. The molecule has 1 saturated heterocycles. The fraction of sp³-hybridized carbons (Fsp3) is 0.484. The van der Waals surface area contributed by atoms with Crippen LogP contribution in [0.1, 0.15) is 53.5 Å². The van der Waals surface area contributed by atoms with Crippen molar-refractivity contribution in [1.82, 2.24) is 10.2 Å². The fourth-order valence-electron chi connectivity index (χ4n) is 4.49. The van der Waals surface area contributed by atoms with Crippen molar-refractivity contribution in [1.29, 1.82) is 0 Å².